The largest absolute Gasteiger partial charge is 0.365 e. The Bertz CT molecular complexity index is 630. The maximum absolute atomic E-state index is 13.1. The second kappa shape index (κ2) is 6.85. The van der Waals surface area contributed by atoms with Gasteiger partial charge in [-0.25, -0.2) is 4.39 Å². The number of hydrogen-bond donors (Lipinski definition) is 2. The number of amides is 1. The first-order valence-electron chi connectivity index (χ1n) is 6.64. The molecule has 0 radical (unpaired) electrons. The molecule has 2 aromatic rings. The van der Waals surface area contributed by atoms with Crippen LogP contribution in [0.3, 0.4) is 0 Å². The van der Waals surface area contributed by atoms with Gasteiger partial charge in [0, 0.05) is 25.0 Å². The van der Waals surface area contributed by atoms with Crippen LogP contribution in [0.15, 0.2) is 48.5 Å². The van der Waals surface area contributed by atoms with Crippen LogP contribution in [0, 0.1) is 5.82 Å². The van der Waals surface area contributed by atoms with Crippen molar-refractivity contribution >= 4 is 17.3 Å². The summed E-state index contributed by atoms with van der Waals surface area (Å²) in [7, 11) is 1.82. The monoisotopic (exact) mass is 287 g/mol. The number of nitrogens with two attached hydrogens (primary N) is 1. The third-order valence-electron chi connectivity index (χ3n) is 3.08. The van der Waals surface area contributed by atoms with Crippen molar-refractivity contribution in [2.45, 2.75) is 6.54 Å². The minimum Gasteiger partial charge on any atom is -0.365 e. The number of carbonyl (C=O) groups excluding carboxylic acids is 1. The molecular weight excluding hydrogens is 269 g/mol. The highest BCUT2D eigenvalue weighted by atomic mass is 19.1. The number of carbonyl (C=O) groups is 1. The number of hydrogen-bond acceptors (Lipinski definition) is 3. The van der Waals surface area contributed by atoms with Gasteiger partial charge < -0.3 is 16.0 Å². The van der Waals surface area contributed by atoms with E-state index in [1.807, 2.05) is 36.2 Å². The molecule has 0 spiro atoms. The highest BCUT2D eigenvalue weighted by molar-refractivity contribution is 5.94. The molecule has 0 unspecified atom stereocenters. The summed E-state index contributed by atoms with van der Waals surface area (Å²) in [6, 6.07) is 13.5. The summed E-state index contributed by atoms with van der Waals surface area (Å²) in [6.07, 6.45) is 0. The number of likely N-dealkylation sites (N-methyl/N-ethyl adjacent to an activating group) is 1. The van der Waals surface area contributed by atoms with Crippen LogP contribution in [0.25, 0.3) is 0 Å². The Morgan fingerprint density at radius 2 is 2.00 bits per heavy atom. The zero-order valence-electron chi connectivity index (χ0n) is 11.8. The topological polar surface area (TPSA) is 58.4 Å². The minimum absolute atomic E-state index is 0.171. The highest BCUT2D eigenvalue weighted by Crippen LogP contribution is 2.15. The lowest BCUT2D eigenvalue weighted by Gasteiger charge is -2.19. The predicted octanol–water partition coefficient (Wildman–Crippen LogP) is 2.36. The number of nitrogens with one attached hydrogen (secondary N) is 1. The number of rotatable bonds is 5. The van der Waals surface area contributed by atoms with Gasteiger partial charge in [0.15, 0.2) is 0 Å². The molecule has 2 aromatic carbocycles. The molecule has 0 aromatic heterocycles. The Hall–Kier alpha value is -2.40. The van der Waals surface area contributed by atoms with Crippen LogP contribution >= 0.6 is 0 Å². The lowest BCUT2D eigenvalue weighted by atomic mass is 10.2. The van der Waals surface area contributed by atoms with E-state index in [-0.39, 0.29) is 18.3 Å². The van der Waals surface area contributed by atoms with E-state index in [0.717, 1.165) is 11.3 Å². The molecule has 0 fully saturated rings. The first-order chi connectivity index (χ1) is 10.1. The predicted molar refractivity (Wildman–Crippen MR) is 82.6 cm³/mol. The van der Waals surface area contributed by atoms with E-state index >= 15 is 0 Å². The fourth-order valence-electron chi connectivity index (χ4n) is 1.99. The third kappa shape index (κ3) is 4.29. The molecule has 2 rings (SSSR count). The fourth-order valence-corrected chi connectivity index (χ4v) is 1.99. The van der Waals surface area contributed by atoms with Gasteiger partial charge in [-0.05, 0) is 35.9 Å². The Balaban J connectivity index is 1.98. The maximum atomic E-state index is 13.1. The Kier molecular flexibility index (Phi) is 4.90. The van der Waals surface area contributed by atoms with Crippen molar-refractivity contribution in [2.75, 3.05) is 23.8 Å². The summed E-state index contributed by atoms with van der Waals surface area (Å²) in [5.41, 5.74) is 7.97. The van der Waals surface area contributed by atoms with Gasteiger partial charge in [0.1, 0.15) is 5.82 Å². The molecule has 0 saturated heterocycles. The van der Waals surface area contributed by atoms with Crippen molar-refractivity contribution in [2.24, 2.45) is 5.73 Å². The van der Waals surface area contributed by atoms with E-state index in [0.29, 0.717) is 12.2 Å². The molecule has 21 heavy (non-hydrogen) atoms. The van der Waals surface area contributed by atoms with Crippen molar-refractivity contribution in [1.82, 2.24) is 0 Å². The zero-order valence-corrected chi connectivity index (χ0v) is 11.8. The summed E-state index contributed by atoms with van der Waals surface area (Å²) in [6.45, 7) is 0.627. The molecule has 0 heterocycles. The van der Waals surface area contributed by atoms with E-state index < -0.39 is 0 Å². The first-order valence-corrected chi connectivity index (χ1v) is 6.64. The molecule has 0 bridgehead atoms. The average Bonchev–Trinajstić information content (AvgIpc) is 2.47. The van der Waals surface area contributed by atoms with Crippen LogP contribution in [0.2, 0.25) is 0 Å². The summed E-state index contributed by atoms with van der Waals surface area (Å²) >= 11 is 0. The second-order valence-corrected chi connectivity index (χ2v) is 4.79. The third-order valence-corrected chi connectivity index (χ3v) is 3.08. The van der Waals surface area contributed by atoms with Crippen LogP contribution in [0.1, 0.15) is 5.56 Å². The Morgan fingerprint density at radius 1 is 1.24 bits per heavy atom. The zero-order chi connectivity index (χ0) is 15.2. The maximum Gasteiger partial charge on any atom is 0.243 e. The number of benzene rings is 2. The van der Waals surface area contributed by atoms with Crippen molar-refractivity contribution in [3.8, 4) is 0 Å². The van der Waals surface area contributed by atoms with Gasteiger partial charge in [-0.15, -0.1) is 0 Å². The van der Waals surface area contributed by atoms with Crippen LogP contribution in [-0.4, -0.2) is 19.5 Å². The van der Waals surface area contributed by atoms with Crippen LogP contribution in [-0.2, 0) is 11.3 Å². The summed E-state index contributed by atoms with van der Waals surface area (Å²) in [4.78, 5) is 13.8. The van der Waals surface area contributed by atoms with Crippen LogP contribution in [0.5, 0.6) is 0 Å². The second-order valence-electron chi connectivity index (χ2n) is 4.79. The lowest BCUT2D eigenvalue weighted by molar-refractivity contribution is -0.114. The van der Waals surface area contributed by atoms with E-state index in [1.165, 1.54) is 12.1 Å². The van der Waals surface area contributed by atoms with Crippen molar-refractivity contribution in [1.29, 1.82) is 0 Å². The Morgan fingerprint density at radius 3 is 2.71 bits per heavy atom. The Labute approximate surface area is 123 Å². The van der Waals surface area contributed by atoms with E-state index in [4.69, 9.17) is 5.73 Å². The number of anilines is 2. The lowest BCUT2D eigenvalue weighted by Crippen LogP contribution is -2.30. The van der Waals surface area contributed by atoms with Crippen molar-refractivity contribution in [3.63, 3.8) is 0 Å². The van der Waals surface area contributed by atoms with E-state index in [9.17, 15) is 9.18 Å². The SMILES string of the molecule is CN(CC(=O)Nc1cccc(F)c1)c1cccc(CN)c1. The molecule has 110 valence electrons. The van der Waals surface area contributed by atoms with Gasteiger partial charge in [0.05, 0.1) is 6.54 Å². The first kappa shape index (κ1) is 15.0. The number of nitrogens with zero attached hydrogens (tertiary/aromatic N) is 1. The molecule has 1 amide bonds. The van der Waals surface area contributed by atoms with Gasteiger partial charge in [-0.3, -0.25) is 4.79 Å². The van der Waals surface area contributed by atoms with Gasteiger partial charge >= 0.3 is 0 Å². The van der Waals surface area contributed by atoms with Gasteiger partial charge in [-0.1, -0.05) is 18.2 Å². The minimum atomic E-state index is -0.378. The van der Waals surface area contributed by atoms with Crippen LogP contribution < -0.4 is 16.0 Å². The quantitative estimate of drug-likeness (QED) is 0.887. The standard InChI is InChI=1S/C16H18FN3O/c1-20(15-7-2-4-12(8-15)10-18)11-16(21)19-14-6-3-5-13(17)9-14/h2-9H,10-11,18H2,1H3,(H,19,21). The molecular formula is C16H18FN3O. The van der Waals surface area contributed by atoms with E-state index in [1.54, 1.807) is 12.1 Å². The van der Waals surface area contributed by atoms with Gasteiger partial charge in [0.2, 0.25) is 5.91 Å². The summed E-state index contributed by atoms with van der Waals surface area (Å²) in [5.74, 6) is -0.585. The molecule has 0 aliphatic rings. The molecule has 0 saturated carbocycles. The molecule has 3 N–H and O–H groups in total. The fraction of sp³-hybridized carbons (Fsp3) is 0.188. The van der Waals surface area contributed by atoms with Crippen molar-refractivity contribution < 1.29 is 9.18 Å². The summed E-state index contributed by atoms with van der Waals surface area (Å²) < 4.78 is 13.1. The molecule has 0 aliphatic heterocycles. The van der Waals surface area contributed by atoms with Crippen LogP contribution in [0.4, 0.5) is 15.8 Å². The van der Waals surface area contributed by atoms with Gasteiger partial charge in [-0.2, -0.15) is 0 Å². The molecule has 5 heteroatoms. The van der Waals surface area contributed by atoms with Crippen molar-refractivity contribution in [3.05, 3.63) is 59.9 Å². The molecule has 0 atom stereocenters. The smallest absolute Gasteiger partial charge is 0.243 e. The summed E-state index contributed by atoms with van der Waals surface area (Å²) in [5, 5.41) is 2.67. The van der Waals surface area contributed by atoms with E-state index in [2.05, 4.69) is 5.32 Å². The molecule has 4 nitrogen and oxygen atoms in total. The average molecular weight is 287 g/mol. The number of halogens is 1. The highest BCUT2D eigenvalue weighted by Gasteiger charge is 2.08. The molecule has 0 aliphatic carbocycles. The normalized spacial score (nSPS) is 10.2. The van der Waals surface area contributed by atoms with Gasteiger partial charge in [0.25, 0.3) is 0 Å².